The first-order valence-electron chi connectivity index (χ1n) is 8.12. The van der Waals surface area contributed by atoms with Crippen molar-refractivity contribution in [2.45, 2.75) is 19.6 Å². The van der Waals surface area contributed by atoms with E-state index in [1.54, 1.807) is 0 Å². The van der Waals surface area contributed by atoms with Gasteiger partial charge in [-0.2, -0.15) is 0 Å². The van der Waals surface area contributed by atoms with Crippen LogP contribution in [0.2, 0.25) is 0 Å². The van der Waals surface area contributed by atoms with Gasteiger partial charge in [0.2, 0.25) is 0 Å². The molecule has 1 unspecified atom stereocenters. The van der Waals surface area contributed by atoms with E-state index in [1.807, 2.05) is 4.90 Å². The molecule has 0 aromatic heterocycles. The van der Waals surface area contributed by atoms with Crippen molar-refractivity contribution in [3.05, 3.63) is 35.4 Å². The van der Waals surface area contributed by atoms with E-state index in [4.69, 9.17) is 4.74 Å². The third-order valence-corrected chi connectivity index (χ3v) is 4.54. The molecule has 0 spiro atoms. The number of carbonyl (C=O) groups is 1. The number of morpholine rings is 1. The third-order valence-electron chi connectivity index (χ3n) is 4.54. The van der Waals surface area contributed by atoms with Gasteiger partial charge < -0.3 is 15.0 Å². The van der Waals surface area contributed by atoms with Crippen molar-refractivity contribution in [1.82, 2.24) is 15.1 Å². The molecule has 0 saturated carbocycles. The molecule has 2 aliphatic heterocycles. The van der Waals surface area contributed by atoms with Gasteiger partial charge in [-0.05, 0) is 18.1 Å². The molecular weight excluding hydrogens is 349 g/mol. The number of rotatable bonds is 3. The Balaban J connectivity index is 0.00000144. The Morgan fingerprint density at radius 2 is 1.92 bits per heavy atom. The van der Waals surface area contributed by atoms with Crippen LogP contribution >= 0.6 is 24.8 Å². The maximum atomic E-state index is 12.4. The highest BCUT2D eigenvalue weighted by Gasteiger charge is 2.29. The van der Waals surface area contributed by atoms with Gasteiger partial charge in [0.1, 0.15) is 6.10 Å². The maximum absolute atomic E-state index is 12.4. The summed E-state index contributed by atoms with van der Waals surface area (Å²) in [6.07, 6.45) is -0.295. The van der Waals surface area contributed by atoms with Crippen LogP contribution in [0, 0.1) is 6.92 Å². The lowest BCUT2D eigenvalue weighted by molar-refractivity contribution is -0.147. The van der Waals surface area contributed by atoms with Gasteiger partial charge in [-0.3, -0.25) is 9.69 Å². The summed E-state index contributed by atoms with van der Waals surface area (Å²) in [7, 11) is 0. The van der Waals surface area contributed by atoms with Crippen LogP contribution in [0.15, 0.2) is 24.3 Å². The van der Waals surface area contributed by atoms with Gasteiger partial charge in [-0.1, -0.05) is 24.3 Å². The largest absolute Gasteiger partial charge is 0.366 e. The highest BCUT2D eigenvalue weighted by atomic mass is 35.5. The predicted molar refractivity (Wildman–Crippen MR) is 100 cm³/mol. The lowest BCUT2D eigenvalue weighted by Gasteiger charge is -2.37. The fourth-order valence-corrected chi connectivity index (χ4v) is 3.08. The number of carbonyl (C=O) groups excluding carboxylic acids is 1. The van der Waals surface area contributed by atoms with Crippen LogP contribution in [0.4, 0.5) is 0 Å². The number of ether oxygens (including phenoxy) is 1. The van der Waals surface area contributed by atoms with Crippen molar-refractivity contribution in [2.24, 2.45) is 0 Å². The Labute approximate surface area is 156 Å². The second-order valence-electron chi connectivity index (χ2n) is 6.09. The molecule has 0 bridgehead atoms. The van der Waals surface area contributed by atoms with Crippen molar-refractivity contribution >= 4 is 30.7 Å². The fourth-order valence-electron chi connectivity index (χ4n) is 3.08. The Morgan fingerprint density at radius 1 is 1.21 bits per heavy atom. The number of benzene rings is 1. The van der Waals surface area contributed by atoms with Crippen LogP contribution in [0.5, 0.6) is 0 Å². The second kappa shape index (κ2) is 10.2. The molecule has 136 valence electrons. The van der Waals surface area contributed by atoms with Crippen LogP contribution in [0.1, 0.15) is 11.1 Å². The average molecular weight is 376 g/mol. The topological polar surface area (TPSA) is 44.8 Å². The summed E-state index contributed by atoms with van der Waals surface area (Å²) in [5, 5.41) is 3.22. The molecule has 0 radical (unpaired) electrons. The molecule has 1 N–H and O–H groups in total. The first-order chi connectivity index (χ1) is 10.7. The first kappa shape index (κ1) is 21.2. The SMILES string of the molecule is Cc1ccccc1CN1CCN(C(=O)C2CNCCO2)CC1.Cl.Cl. The van der Waals surface area contributed by atoms with Crippen LogP contribution in [0.3, 0.4) is 0 Å². The molecule has 2 saturated heterocycles. The molecule has 2 aliphatic rings. The summed E-state index contributed by atoms with van der Waals surface area (Å²) in [6, 6.07) is 8.51. The molecular formula is C17H27Cl2N3O2. The minimum atomic E-state index is -0.295. The molecule has 2 heterocycles. The molecule has 7 heteroatoms. The average Bonchev–Trinajstić information content (AvgIpc) is 2.58. The van der Waals surface area contributed by atoms with Crippen molar-refractivity contribution in [3.63, 3.8) is 0 Å². The minimum absolute atomic E-state index is 0. The van der Waals surface area contributed by atoms with Crippen molar-refractivity contribution in [2.75, 3.05) is 45.9 Å². The number of halogens is 2. The van der Waals surface area contributed by atoms with E-state index in [-0.39, 0.29) is 36.8 Å². The zero-order valence-corrected chi connectivity index (χ0v) is 15.7. The van der Waals surface area contributed by atoms with Crippen molar-refractivity contribution < 1.29 is 9.53 Å². The molecule has 24 heavy (non-hydrogen) atoms. The van der Waals surface area contributed by atoms with Gasteiger partial charge in [-0.15, -0.1) is 24.8 Å². The third kappa shape index (κ3) is 5.33. The molecule has 1 aromatic rings. The van der Waals surface area contributed by atoms with Crippen LogP contribution in [0.25, 0.3) is 0 Å². The predicted octanol–water partition coefficient (Wildman–Crippen LogP) is 1.47. The van der Waals surface area contributed by atoms with Crippen LogP contribution < -0.4 is 5.32 Å². The van der Waals surface area contributed by atoms with Crippen LogP contribution in [-0.4, -0.2) is 67.7 Å². The summed E-state index contributed by atoms with van der Waals surface area (Å²) in [5.74, 6) is 0.141. The fraction of sp³-hybridized carbons (Fsp3) is 0.588. The molecule has 1 atom stereocenters. The number of aryl methyl sites for hydroxylation is 1. The maximum Gasteiger partial charge on any atom is 0.253 e. The van der Waals surface area contributed by atoms with E-state index >= 15 is 0 Å². The van der Waals surface area contributed by atoms with Gasteiger partial charge in [0.15, 0.2) is 0 Å². The molecule has 0 aliphatic carbocycles. The van der Waals surface area contributed by atoms with E-state index in [9.17, 15) is 4.79 Å². The summed E-state index contributed by atoms with van der Waals surface area (Å²) in [4.78, 5) is 16.8. The van der Waals surface area contributed by atoms with Crippen molar-refractivity contribution in [3.8, 4) is 0 Å². The number of hydrogen-bond acceptors (Lipinski definition) is 4. The second-order valence-corrected chi connectivity index (χ2v) is 6.09. The smallest absolute Gasteiger partial charge is 0.253 e. The molecule has 1 amide bonds. The number of amides is 1. The van der Waals surface area contributed by atoms with E-state index in [1.165, 1.54) is 11.1 Å². The Bertz CT molecular complexity index is 516. The quantitative estimate of drug-likeness (QED) is 0.868. The number of nitrogens with one attached hydrogen (secondary N) is 1. The highest BCUT2D eigenvalue weighted by Crippen LogP contribution is 2.13. The number of piperazine rings is 1. The normalized spacial score (nSPS) is 21.5. The van der Waals surface area contributed by atoms with Gasteiger partial charge in [0.25, 0.3) is 5.91 Å². The zero-order chi connectivity index (χ0) is 15.4. The highest BCUT2D eigenvalue weighted by molar-refractivity contribution is 5.85. The lowest BCUT2D eigenvalue weighted by atomic mass is 10.1. The molecule has 2 fully saturated rings. The van der Waals surface area contributed by atoms with Gasteiger partial charge in [0, 0.05) is 45.8 Å². The summed E-state index contributed by atoms with van der Waals surface area (Å²) >= 11 is 0. The van der Waals surface area contributed by atoms with E-state index in [2.05, 4.69) is 41.4 Å². The summed E-state index contributed by atoms with van der Waals surface area (Å²) in [6.45, 7) is 8.69. The molecule has 3 rings (SSSR count). The number of nitrogens with zero attached hydrogens (tertiary/aromatic N) is 2. The number of hydrogen-bond donors (Lipinski definition) is 1. The van der Waals surface area contributed by atoms with Gasteiger partial charge in [-0.25, -0.2) is 0 Å². The van der Waals surface area contributed by atoms with Gasteiger partial charge in [0.05, 0.1) is 6.61 Å². The Hall–Kier alpha value is -0.850. The minimum Gasteiger partial charge on any atom is -0.366 e. The Morgan fingerprint density at radius 3 is 2.54 bits per heavy atom. The molecule has 5 nitrogen and oxygen atoms in total. The van der Waals surface area contributed by atoms with E-state index < -0.39 is 0 Å². The van der Waals surface area contributed by atoms with Crippen molar-refractivity contribution in [1.29, 1.82) is 0 Å². The monoisotopic (exact) mass is 375 g/mol. The van der Waals surface area contributed by atoms with E-state index in [0.29, 0.717) is 13.2 Å². The molecule has 1 aromatic carbocycles. The first-order valence-corrected chi connectivity index (χ1v) is 8.12. The summed E-state index contributed by atoms with van der Waals surface area (Å²) in [5.41, 5.74) is 2.71. The van der Waals surface area contributed by atoms with Crippen LogP contribution in [-0.2, 0) is 16.1 Å². The summed E-state index contributed by atoms with van der Waals surface area (Å²) < 4.78 is 5.56. The standard InChI is InChI=1S/C17H25N3O2.2ClH/c1-14-4-2-3-5-15(14)13-19-7-9-20(10-8-19)17(21)16-12-18-6-11-22-16;;/h2-5,16,18H,6-13H2,1H3;2*1H. The lowest BCUT2D eigenvalue weighted by Crippen LogP contribution is -2.54. The Kier molecular flexibility index (Phi) is 9.02. The zero-order valence-electron chi connectivity index (χ0n) is 14.1. The van der Waals surface area contributed by atoms with E-state index in [0.717, 1.165) is 39.3 Å². The van der Waals surface area contributed by atoms with Gasteiger partial charge >= 0.3 is 0 Å².